The quantitative estimate of drug-likeness (QED) is 0.162. The van der Waals surface area contributed by atoms with E-state index in [0.717, 1.165) is 6.42 Å². The first-order valence-electron chi connectivity index (χ1n) is 11.6. The van der Waals surface area contributed by atoms with Crippen molar-refractivity contribution in [2.45, 2.75) is 141 Å². The van der Waals surface area contributed by atoms with Gasteiger partial charge in [0.2, 0.25) is 0 Å². The van der Waals surface area contributed by atoms with Crippen LogP contribution in [0.4, 0.5) is 0 Å². The molecule has 0 spiro atoms. The Kier molecular flexibility index (Phi) is 21.5. The summed E-state index contributed by atoms with van der Waals surface area (Å²) in [7, 11) is 0. The number of hydrogen-bond donors (Lipinski definition) is 1. The molecule has 0 heterocycles. The maximum absolute atomic E-state index is 9.20. The third kappa shape index (κ3) is 23.7. The average molecular weight is 353 g/mol. The first kappa shape index (κ1) is 24.7. The second kappa shape index (κ2) is 21.7. The van der Waals surface area contributed by atoms with E-state index in [4.69, 9.17) is 0 Å². The van der Waals surface area contributed by atoms with Crippen molar-refractivity contribution in [1.82, 2.24) is 0 Å². The van der Waals surface area contributed by atoms with Gasteiger partial charge < -0.3 is 5.11 Å². The van der Waals surface area contributed by atoms with Gasteiger partial charge in [0.25, 0.3) is 0 Å². The van der Waals surface area contributed by atoms with E-state index in [-0.39, 0.29) is 6.10 Å². The van der Waals surface area contributed by atoms with Gasteiger partial charge in [0.05, 0.1) is 6.10 Å². The molecule has 0 aromatic heterocycles. The van der Waals surface area contributed by atoms with Gasteiger partial charge in [-0.2, -0.15) is 0 Å². The van der Waals surface area contributed by atoms with E-state index in [0.29, 0.717) is 0 Å². The summed E-state index contributed by atoms with van der Waals surface area (Å²) in [5.74, 6) is 0. The molecule has 0 bridgehead atoms. The summed E-state index contributed by atoms with van der Waals surface area (Å²) in [6.07, 6.45) is 29.5. The second-order valence-corrected chi connectivity index (χ2v) is 8.08. The van der Waals surface area contributed by atoms with E-state index in [1.165, 1.54) is 122 Å². The van der Waals surface area contributed by atoms with Crippen LogP contribution in [0.25, 0.3) is 0 Å². The summed E-state index contributed by atoms with van der Waals surface area (Å²) < 4.78 is 0. The zero-order valence-electron chi connectivity index (χ0n) is 17.5. The zero-order chi connectivity index (χ0) is 18.4. The smallest absolute Gasteiger partial charge is 0.0512 e. The highest BCUT2D eigenvalue weighted by molar-refractivity contribution is 4.65. The van der Waals surface area contributed by atoms with E-state index in [9.17, 15) is 5.11 Å². The van der Waals surface area contributed by atoms with Crippen LogP contribution in [0.2, 0.25) is 0 Å². The van der Waals surface area contributed by atoms with Gasteiger partial charge in [0, 0.05) is 0 Å². The van der Waals surface area contributed by atoms with Gasteiger partial charge >= 0.3 is 0 Å². The largest absolute Gasteiger partial charge is 0.393 e. The van der Waals surface area contributed by atoms with E-state index in [2.05, 4.69) is 6.58 Å². The molecular weight excluding hydrogens is 304 g/mol. The number of unbranched alkanes of at least 4 members (excludes halogenated alkanes) is 18. The lowest BCUT2D eigenvalue weighted by Gasteiger charge is -2.05. The number of rotatable bonds is 21. The fourth-order valence-corrected chi connectivity index (χ4v) is 3.56. The van der Waals surface area contributed by atoms with Gasteiger partial charge in [-0.25, -0.2) is 0 Å². The van der Waals surface area contributed by atoms with Crippen molar-refractivity contribution in [3.63, 3.8) is 0 Å². The zero-order valence-corrected chi connectivity index (χ0v) is 17.5. The number of aliphatic hydroxyl groups excluding tert-OH is 1. The Morgan fingerprint density at radius 2 is 0.840 bits per heavy atom. The molecular formula is C24H48O. The number of allylic oxidation sites excluding steroid dienone is 1. The molecule has 0 rings (SSSR count). The molecule has 1 heteroatoms. The molecule has 0 fully saturated rings. The summed E-state index contributed by atoms with van der Waals surface area (Å²) in [5, 5.41) is 9.20. The number of aliphatic hydroxyl groups is 1. The lowest BCUT2D eigenvalue weighted by Crippen LogP contribution is -1.98. The van der Waals surface area contributed by atoms with Crippen molar-refractivity contribution in [3.8, 4) is 0 Å². The van der Waals surface area contributed by atoms with Gasteiger partial charge in [-0.3, -0.25) is 0 Å². The van der Waals surface area contributed by atoms with Crippen molar-refractivity contribution in [1.29, 1.82) is 0 Å². The third-order valence-electron chi connectivity index (χ3n) is 5.28. The SMILES string of the molecule is C=CCCCCCCCCCCCCCCCCCCCCC(C)O. The minimum atomic E-state index is -0.104. The summed E-state index contributed by atoms with van der Waals surface area (Å²) >= 11 is 0. The lowest BCUT2D eigenvalue weighted by atomic mass is 10.0. The maximum atomic E-state index is 9.20. The van der Waals surface area contributed by atoms with E-state index < -0.39 is 0 Å². The standard InChI is InChI=1S/C24H48O/c1-3-4-5-6-7-8-9-10-11-12-13-14-15-16-17-18-19-20-21-22-23-24(2)25/h3,24-25H,1,4-23H2,2H3. The van der Waals surface area contributed by atoms with Crippen molar-refractivity contribution in [2.24, 2.45) is 0 Å². The molecule has 0 amide bonds. The first-order valence-corrected chi connectivity index (χ1v) is 11.6. The van der Waals surface area contributed by atoms with E-state index in [1.807, 2.05) is 13.0 Å². The van der Waals surface area contributed by atoms with Crippen LogP contribution in [0.1, 0.15) is 135 Å². The Hall–Kier alpha value is -0.300. The van der Waals surface area contributed by atoms with Gasteiger partial charge in [-0.1, -0.05) is 115 Å². The highest BCUT2D eigenvalue weighted by atomic mass is 16.3. The van der Waals surface area contributed by atoms with Gasteiger partial charge in [-0.15, -0.1) is 6.58 Å². The molecule has 0 aliphatic heterocycles. The van der Waals surface area contributed by atoms with Crippen molar-refractivity contribution < 1.29 is 5.11 Å². The highest BCUT2D eigenvalue weighted by Gasteiger charge is 1.97. The monoisotopic (exact) mass is 352 g/mol. The second-order valence-electron chi connectivity index (χ2n) is 8.08. The van der Waals surface area contributed by atoms with Crippen molar-refractivity contribution in [3.05, 3.63) is 12.7 Å². The Balaban J connectivity index is 2.97. The molecule has 0 saturated heterocycles. The normalized spacial score (nSPS) is 12.4. The fourth-order valence-electron chi connectivity index (χ4n) is 3.56. The summed E-state index contributed by atoms with van der Waals surface area (Å²) in [4.78, 5) is 0. The minimum Gasteiger partial charge on any atom is -0.393 e. The summed E-state index contributed by atoms with van der Waals surface area (Å²) in [6, 6.07) is 0. The van der Waals surface area contributed by atoms with Crippen LogP contribution < -0.4 is 0 Å². The van der Waals surface area contributed by atoms with Gasteiger partial charge in [-0.05, 0) is 26.2 Å². The third-order valence-corrected chi connectivity index (χ3v) is 5.28. The average Bonchev–Trinajstić information content (AvgIpc) is 2.60. The molecule has 150 valence electrons. The van der Waals surface area contributed by atoms with Crippen LogP contribution in [-0.4, -0.2) is 11.2 Å². The molecule has 0 saturated carbocycles. The van der Waals surface area contributed by atoms with Crippen LogP contribution >= 0.6 is 0 Å². The predicted molar refractivity (Wildman–Crippen MR) is 114 cm³/mol. The molecule has 25 heavy (non-hydrogen) atoms. The Morgan fingerprint density at radius 3 is 1.12 bits per heavy atom. The molecule has 0 aliphatic carbocycles. The Bertz CT molecular complexity index is 246. The molecule has 1 N–H and O–H groups in total. The molecule has 0 aliphatic rings. The van der Waals surface area contributed by atoms with E-state index >= 15 is 0 Å². The maximum Gasteiger partial charge on any atom is 0.0512 e. The molecule has 1 nitrogen and oxygen atoms in total. The van der Waals surface area contributed by atoms with Crippen LogP contribution in [0.15, 0.2) is 12.7 Å². The molecule has 1 unspecified atom stereocenters. The molecule has 1 atom stereocenters. The van der Waals surface area contributed by atoms with Crippen LogP contribution in [0.5, 0.6) is 0 Å². The minimum absolute atomic E-state index is 0.104. The Labute approximate surface area is 159 Å². The van der Waals surface area contributed by atoms with Gasteiger partial charge in [0.15, 0.2) is 0 Å². The predicted octanol–water partition coefficient (Wildman–Crippen LogP) is 8.36. The van der Waals surface area contributed by atoms with E-state index in [1.54, 1.807) is 0 Å². The summed E-state index contributed by atoms with van der Waals surface area (Å²) in [6.45, 7) is 5.67. The highest BCUT2D eigenvalue weighted by Crippen LogP contribution is 2.15. The van der Waals surface area contributed by atoms with Crippen molar-refractivity contribution >= 4 is 0 Å². The summed E-state index contributed by atoms with van der Waals surface area (Å²) in [5.41, 5.74) is 0. The lowest BCUT2D eigenvalue weighted by molar-refractivity contribution is 0.180. The molecule has 0 aromatic carbocycles. The number of hydrogen-bond acceptors (Lipinski definition) is 1. The van der Waals surface area contributed by atoms with Crippen LogP contribution in [-0.2, 0) is 0 Å². The fraction of sp³-hybridized carbons (Fsp3) is 0.917. The first-order chi connectivity index (χ1) is 12.3. The van der Waals surface area contributed by atoms with Crippen LogP contribution in [0, 0.1) is 0 Å². The molecule has 0 radical (unpaired) electrons. The van der Waals surface area contributed by atoms with Gasteiger partial charge in [0.1, 0.15) is 0 Å². The molecule has 0 aromatic rings. The Morgan fingerprint density at radius 1 is 0.560 bits per heavy atom. The topological polar surface area (TPSA) is 20.2 Å². The van der Waals surface area contributed by atoms with Crippen molar-refractivity contribution in [2.75, 3.05) is 0 Å². The van der Waals surface area contributed by atoms with Crippen LogP contribution in [0.3, 0.4) is 0 Å².